The number of morpholine rings is 1. The normalized spacial score (nSPS) is 25.0. The van der Waals surface area contributed by atoms with Crippen LogP contribution in [-0.2, 0) is 29.2 Å². The molecule has 4 fully saturated rings. The molecule has 1 aromatic rings. The van der Waals surface area contributed by atoms with E-state index >= 15 is 0 Å². The number of ether oxygens (including phenoxy) is 1. The lowest BCUT2D eigenvalue weighted by Gasteiger charge is -2.61. The first kappa shape index (κ1) is 19.7. The molecular formula is C19H24F3N5O3. The van der Waals surface area contributed by atoms with E-state index in [-0.39, 0.29) is 35.4 Å². The van der Waals surface area contributed by atoms with Gasteiger partial charge in [-0.05, 0) is 25.2 Å². The van der Waals surface area contributed by atoms with Gasteiger partial charge >= 0.3 is 12.2 Å². The first-order chi connectivity index (χ1) is 14.1. The van der Waals surface area contributed by atoms with E-state index in [1.165, 1.54) is 17.9 Å². The van der Waals surface area contributed by atoms with E-state index in [1.807, 2.05) is 0 Å². The molecule has 3 aliphatic heterocycles. The number of hydrogen-bond donors (Lipinski definition) is 1. The second kappa shape index (κ2) is 6.35. The van der Waals surface area contributed by atoms with Crippen molar-refractivity contribution >= 4 is 11.9 Å². The summed E-state index contributed by atoms with van der Waals surface area (Å²) in [6.45, 7) is 2.68. The van der Waals surface area contributed by atoms with Crippen molar-refractivity contribution in [2.45, 2.75) is 31.0 Å². The highest BCUT2D eigenvalue weighted by Crippen LogP contribution is 2.53. The number of urea groups is 1. The fourth-order valence-electron chi connectivity index (χ4n) is 5.60. The van der Waals surface area contributed by atoms with Gasteiger partial charge in [0.2, 0.25) is 5.91 Å². The van der Waals surface area contributed by atoms with Crippen molar-refractivity contribution in [2.75, 3.05) is 39.4 Å². The van der Waals surface area contributed by atoms with Gasteiger partial charge in [-0.2, -0.15) is 18.3 Å². The van der Waals surface area contributed by atoms with E-state index in [0.29, 0.717) is 39.2 Å². The molecule has 1 aliphatic carbocycles. The van der Waals surface area contributed by atoms with Crippen LogP contribution in [0.25, 0.3) is 0 Å². The molecule has 0 unspecified atom stereocenters. The average molecular weight is 427 g/mol. The highest BCUT2D eigenvalue weighted by atomic mass is 19.4. The molecule has 164 valence electrons. The fourth-order valence-corrected chi connectivity index (χ4v) is 5.60. The quantitative estimate of drug-likeness (QED) is 0.764. The summed E-state index contributed by atoms with van der Waals surface area (Å²) < 4.78 is 45.8. The number of halogens is 3. The number of amides is 3. The third-order valence-corrected chi connectivity index (χ3v) is 6.72. The number of carbonyl (C=O) groups is 2. The number of rotatable bonds is 2. The van der Waals surface area contributed by atoms with Crippen molar-refractivity contribution in [2.24, 2.45) is 18.4 Å². The molecule has 1 saturated carbocycles. The maximum Gasteiger partial charge on any atom is 0.435 e. The van der Waals surface area contributed by atoms with Crippen LogP contribution < -0.4 is 5.32 Å². The molecule has 1 aromatic heterocycles. The van der Waals surface area contributed by atoms with Crippen LogP contribution in [0.2, 0.25) is 0 Å². The third kappa shape index (κ3) is 3.23. The predicted molar refractivity (Wildman–Crippen MR) is 97.3 cm³/mol. The number of carbonyl (C=O) groups excluding carboxylic acids is 2. The zero-order valence-electron chi connectivity index (χ0n) is 16.7. The van der Waals surface area contributed by atoms with Crippen LogP contribution in [0.5, 0.6) is 0 Å². The van der Waals surface area contributed by atoms with Gasteiger partial charge in [0, 0.05) is 50.4 Å². The minimum atomic E-state index is -4.44. The summed E-state index contributed by atoms with van der Waals surface area (Å²) in [5, 5.41) is 6.48. The van der Waals surface area contributed by atoms with Crippen LogP contribution >= 0.6 is 0 Å². The minimum absolute atomic E-state index is 0.0406. The largest absolute Gasteiger partial charge is 0.435 e. The molecule has 0 atom stereocenters. The Balaban J connectivity index is 1.10. The maximum absolute atomic E-state index is 13.1. The Hall–Kier alpha value is -2.30. The van der Waals surface area contributed by atoms with Gasteiger partial charge in [0.05, 0.1) is 12.1 Å². The summed E-state index contributed by atoms with van der Waals surface area (Å²) in [6, 6.07) is -0.0406. The van der Waals surface area contributed by atoms with Crippen LogP contribution in [0.15, 0.2) is 6.20 Å². The SMILES string of the molecule is Cn1cc(CC2CC3(C2)CN(C(=O)N2CC4(COCC(=O)N4)C2)C3)c(C(F)(F)F)n1. The Morgan fingerprint density at radius 2 is 1.93 bits per heavy atom. The van der Waals surface area contributed by atoms with Gasteiger partial charge in [-0.1, -0.05) is 0 Å². The van der Waals surface area contributed by atoms with Gasteiger partial charge in [0.25, 0.3) is 0 Å². The van der Waals surface area contributed by atoms with E-state index < -0.39 is 17.4 Å². The molecule has 5 rings (SSSR count). The van der Waals surface area contributed by atoms with E-state index in [2.05, 4.69) is 10.4 Å². The van der Waals surface area contributed by atoms with E-state index in [9.17, 15) is 22.8 Å². The Morgan fingerprint density at radius 3 is 2.57 bits per heavy atom. The molecule has 4 aliphatic rings. The molecule has 0 bridgehead atoms. The zero-order chi connectivity index (χ0) is 21.3. The summed E-state index contributed by atoms with van der Waals surface area (Å²) in [6.07, 6.45) is -0.951. The van der Waals surface area contributed by atoms with Crippen molar-refractivity contribution in [3.05, 3.63) is 17.5 Å². The number of nitrogens with one attached hydrogen (secondary N) is 1. The molecule has 1 N–H and O–H groups in total. The lowest BCUT2D eigenvalue weighted by atomic mass is 9.56. The first-order valence-electron chi connectivity index (χ1n) is 10.1. The second-order valence-electron chi connectivity index (χ2n) is 9.47. The lowest BCUT2D eigenvalue weighted by Crippen LogP contribution is -2.78. The molecule has 30 heavy (non-hydrogen) atoms. The number of likely N-dealkylation sites (tertiary alicyclic amines) is 2. The summed E-state index contributed by atoms with van der Waals surface area (Å²) in [4.78, 5) is 27.6. The maximum atomic E-state index is 13.1. The topological polar surface area (TPSA) is 79.7 Å². The fraction of sp³-hybridized carbons (Fsp3) is 0.737. The molecule has 3 amide bonds. The van der Waals surface area contributed by atoms with Gasteiger partial charge in [-0.15, -0.1) is 0 Å². The molecule has 3 saturated heterocycles. The summed E-state index contributed by atoms with van der Waals surface area (Å²) >= 11 is 0. The van der Waals surface area contributed by atoms with Crippen LogP contribution in [0.1, 0.15) is 24.1 Å². The summed E-state index contributed by atoms with van der Waals surface area (Å²) in [7, 11) is 1.50. The molecule has 11 heteroatoms. The number of aryl methyl sites for hydroxylation is 1. The first-order valence-corrected chi connectivity index (χ1v) is 10.1. The second-order valence-corrected chi connectivity index (χ2v) is 9.47. The predicted octanol–water partition coefficient (Wildman–Crippen LogP) is 1.01. The van der Waals surface area contributed by atoms with Crippen LogP contribution in [0.4, 0.5) is 18.0 Å². The van der Waals surface area contributed by atoms with Crippen LogP contribution in [-0.4, -0.2) is 76.5 Å². The van der Waals surface area contributed by atoms with E-state index in [0.717, 1.165) is 12.8 Å². The standard InChI is InChI=1S/C19H24F3N5O3/c1-25-5-13(15(24-25)19(20,21)22)2-12-3-17(4-12)7-26(8-17)16(29)27-9-18(10-27)11-30-6-14(28)23-18/h5,12H,2-4,6-11H2,1H3,(H,23,28). The van der Waals surface area contributed by atoms with Gasteiger partial charge in [0.15, 0.2) is 5.69 Å². The summed E-state index contributed by atoms with van der Waals surface area (Å²) in [5.74, 6) is 0.0356. The van der Waals surface area contributed by atoms with Crippen molar-refractivity contribution in [1.82, 2.24) is 24.9 Å². The monoisotopic (exact) mass is 427 g/mol. The van der Waals surface area contributed by atoms with Crippen molar-refractivity contribution in [3.63, 3.8) is 0 Å². The molecule has 4 heterocycles. The van der Waals surface area contributed by atoms with Crippen LogP contribution in [0.3, 0.4) is 0 Å². The van der Waals surface area contributed by atoms with Gasteiger partial charge in [0.1, 0.15) is 6.61 Å². The smallest absolute Gasteiger partial charge is 0.369 e. The molecule has 2 spiro atoms. The number of alkyl halides is 3. The van der Waals surface area contributed by atoms with Crippen molar-refractivity contribution < 1.29 is 27.5 Å². The Bertz CT molecular complexity index is 878. The van der Waals surface area contributed by atoms with E-state index in [1.54, 1.807) is 9.80 Å². The number of hydrogen-bond acceptors (Lipinski definition) is 4. The Morgan fingerprint density at radius 1 is 1.27 bits per heavy atom. The summed E-state index contributed by atoms with van der Waals surface area (Å²) in [5.41, 5.74) is -0.942. The van der Waals surface area contributed by atoms with Gasteiger partial charge in [-0.3, -0.25) is 9.48 Å². The van der Waals surface area contributed by atoms with Gasteiger partial charge < -0.3 is 19.9 Å². The lowest BCUT2D eigenvalue weighted by molar-refractivity contribution is -0.142. The molecular weight excluding hydrogens is 403 g/mol. The zero-order valence-corrected chi connectivity index (χ0v) is 16.7. The minimum Gasteiger partial charge on any atom is -0.369 e. The molecule has 8 nitrogen and oxygen atoms in total. The Kier molecular flexibility index (Phi) is 4.16. The van der Waals surface area contributed by atoms with Crippen LogP contribution in [0, 0.1) is 11.3 Å². The average Bonchev–Trinajstić information content (AvgIpc) is 2.93. The number of nitrogens with zero attached hydrogens (tertiary/aromatic N) is 4. The van der Waals surface area contributed by atoms with Crippen molar-refractivity contribution in [3.8, 4) is 0 Å². The van der Waals surface area contributed by atoms with Crippen molar-refractivity contribution in [1.29, 1.82) is 0 Å². The number of aromatic nitrogens is 2. The highest BCUT2D eigenvalue weighted by Gasteiger charge is 2.56. The molecule has 0 aromatic carbocycles. The van der Waals surface area contributed by atoms with E-state index in [4.69, 9.17) is 4.74 Å². The molecule has 0 radical (unpaired) electrons. The highest BCUT2D eigenvalue weighted by molar-refractivity contribution is 5.81. The van der Waals surface area contributed by atoms with Gasteiger partial charge in [-0.25, -0.2) is 4.79 Å². The Labute approximate surface area is 171 Å². The third-order valence-electron chi connectivity index (χ3n) is 6.72.